The van der Waals surface area contributed by atoms with Gasteiger partial charge in [0.15, 0.2) is 0 Å². The zero-order valence-corrected chi connectivity index (χ0v) is 7.61. The highest BCUT2D eigenvalue weighted by Gasteiger charge is 2.29. The van der Waals surface area contributed by atoms with E-state index in [2.05, 4.69) is 5.32 Å². The van der Waals surface area contributed by atoms with Crippen LogP contribution in [0, 0.1) is 5.92 Å². The molecule has 1 unspecified atom stereocenters. The lowest BCUT2D eigenvalue weighted by molar-refractivity contribution is 0.164. The molecule has 1 aliphatic carbocycles. The van der Waals surface area contributed by atoms with Crippen molar-refractivity contribution in [1.82, 2.24) is 0 Å². The maximum absolute atomic E-state index is 9.59. The Labute approximate surface area is 78.6 Å². The van der Waals surface area contributed by atoms with Crippen LogP contribution in [0.15, 0.2) is 30.3 Å². The fourth-order valence-electron chi connectivity index (χ4n) is 1.43. The van der Waals surface area contributed by atoms with Crippen molar-refractivity contribution in [3.05, 3.63) is 30.3 Å². The predicted molar refractivity (Wildman–Crippen MR) is 53.7 cm³/mol. The quantitative estimate of drug-likeness (QED) is 0.736. The lowest BCUT2D eigenvalue weighted by Crippen LogP contribution is -2.21. The molecule has 70 valence electrons. The summed E-state index contributed by atoms with van der Waals surface area (Å²) in [6.45, 7) is 0.675. The van der Waals surface area contributed by atoms with Crippen molar-refractivity contribution >= 4 is 5.69 Å². The fraction of sp³-hybridized carbons (Fsp3) is 0.455. The number of hydrogen-bond donors (Lipinski definition) is 2. The Bertz CT molecular complexity index is 256. The Morgan fingerprint density at radius 3 is 2.62 bits per heavy atom. The van der Waals surface area contributed by atoms with Crippen molar-refractivity contribution < 1.29 is 5.11 Å². The number of aliphatic hydroxyl groups excluding tert-OH is 1. The number of hydrogen-bond acceptors (Lipinski definition) is 2. The molecule has 2 heteroatoms. The molecule has 13 heavy (non-hydrogen) atoms. The Hall–Kier alpha value is -1.02. The van der Waals surface area contributed by atoms with Crippen LogP contribution in [0.25, 0.3) is 0 Å². The minimum atomic E-state index is -0.166. The van der Waals surface area contributed by atoms with E-state index < -0.39 is 0 Å². The summed E-state index contributed by atoms with van der Waals surface area (Å²) in [5, 5.41) is 12.8. The largest absolute Gasteiger partial charge is 0.391 e. The van der Waals surface area contributed by atoms with Gasteiger partial charge in [0.2, 0.25) is 0 Å². The first-order chi connectivity index (χ1) is 6.36. The molecule has 0 amide bonds. The molecule has 1 aromatic carbocycles. The van der Waals surface area contributed by atoms with Crippen molar-refractivity contribution in [2.24, 2.45) is 5.92 Å². The average molecular weight is 177 g/mol. The van der Waals surface area contributed by atoms with Gasteiger partial charge in [-0.1, -0.05) is 18.2 Å². The topological polar surface area (TPSA) is 32.3 Å². The summed E-state index contributed by atoms with van der Waals surface area (Å²) in [5.41, 5.74) is 1.09. The third-order valence-electron chi connectivity index (χ3n) is 2.46. The van der Waals surface area contributed by atoms with E-state index in [4.69, 9.17) is 0 Å². The fourth-order valence-corrected chi connectivity index (χ4v) is 1.43. The summed E-state index contributed by atoms with van der Waals surface area (Å²) in [6, 6.07) is 10.00. The first-order valence-corrected chi connectivity index (χ1v) is 4.83. The molecule has 1 fully saturated rings. The van der Waals surface area contributed by atoms with Crippen LogP contribution in [0.4, 0.5) is 5.69 Å². The molecule has 0 radical (unpaired) electrons. The van der Waals surface area contributed by atoms with Gasteiger partial charge in [-0.3, -0.25) is 0 Å². The first kappa shape index (κ1) is 8.57. The van der Waals surface area contributed by atoms with Crippen molar-refractivity contribution in [3.8, 4) is 0 Å². The van der Waals surface area contributed by atoms with E-state index in [9.17, 15) is 5.11 Å². The lowest BCUT2D eigenvalue weighted by atomic mass is 10.2. The maximum atomic E-state index is 9.59. The summed E-state index contributed by atoms with van der Waals surface area (Å²) in [6.07, 6.45) is 2.22. The molecule has 2 N–H and O–H groups in total. The number of aliphatic hydroxyl groups is 1. The van der Waals surface area contributed by atoms with Gasteiger partial charge in [0.25, 0.3) is 0 Å². The number of rotatable bonds is 4. The molecule has 1 atom stereocenters. The second-order valence-corrected chi connectivity index (χ2v) is 3.65. The van der Waals surface area contributed by atoms with E-state index in [1.54, 1.807) is 0 Å². The van der Waals surface area contributed by atoms with Gasteiger partial charge in [-0.2, -0.15) is 0 Å². The van der Waals surface area contributed by atoms with Crippen LogP contribution in [0.5, 0.6) is 0 Å². The van der Waals surface area contributed by atoms with Crippen LogP contribution >= 0.6 is 0 Å². The van der Waals surface area contributed by atoms with Crippen LogP contribution in [0.2, 0.25) is 0 Å². The molecule has 2 nitrogen and oxygen atoms in total. The predicted octanol–water partition coefficient (Wildman–Crippen LogP) is 1.87. The summed E-state index contributed by atoms with van der Waals surface area (Å²) in [5.74, 6) is 0.552. The summed E-state index contributed by atoms with van der Waals surface area (Å²) in [4.78, 5) is 0. The normalized spacial score (nSPS) is 18.2. The maximum Gasteiger partial charge on any atom is 0.0740 e. The summed E-state index contributed by atoms with van der Waals surface area (Å²) < 4.78 is 0. The second kappa shape index (κ2) is 3.79. The molecular weight excluding hydrogens is 162 g/mol. The molecular formula is C11H15NO. The Balaban J connectivity index is 1.78. The minimum Gasteiger partial charge on any atom is -0.391 e. The molecule has 0 saturated heterocycles. The average Bonchev–Trinajstić information content (AvgIpc) is 2.99. The standard InChI is InChI=1S/C11H15NO/c13-11(9-6-7-9)8-12-10-4-2-1-3-5-10/h1-5,9,11-13H,6-8H2. The third kappa shape index (κ3) is 2.46. The highest BCUT2D eigenvalue weighted by atomic mass is 16.3. The number of anilines is 1. The first-order valence-electron chi connectivity index (χ1n) is 4.83. The SMILES string of the molecule is OC(CNc1ccccc1)C1CC1. The Morgan fingerprint density at radius 2 is 2.00 bits per heavy atom. The van der Waals surface area contributed by atoms with Crippen molar-refractivity contribution in [1.29, 1.82) is 0 Å². The second-order valence-electron chi connectivity index (χ2n) is 3.65. The molecule has 1 saturated carbocycles. The van der Waals surface area contributed by atoms with Gasteiger partial charge in [-0.15, -0.1) is 0 Å². The molecule has 0 bridgehead atoms. The van der Waals surface area contributed by atoms with Crippen molar-refractivity contribution in [3.63, 3.8) is 0 Å². The Kier molecular flexibility index (Phi) is 2.50. The molecule has 2 rings (SSSR count). The summed E-state index contributed by atoms with van der Waals surface area (Å²) in [7, 11) is 0. The molecule has 0 aromatic heterocycles. The van der Waals surface area contributed by atoms with Crippen molar-refractivity contribution in [2.45, 2.75) is 18.9 Å². The highest BCUT2D eigenvalue weighted by Crippen LogP contribution is 2.32. The van der Waals surface area contributed by atoms with Gasteiger partial charge in [0.05, 0.1) is 6.10 Å². The van der Waals surface area contributed by atoms with Crippen molar-refractivity contribution in [2.75, 3.05) is 11.9 Å². The zero-order chi connectivity index (χ0) is 9.10. The minimum absolute atomic E-state index is 0.166. The smallest absolute Gasteiger partial charge is 0.0740 e. The highest BCUT2D eigenvalue weighted by molar-refractivity contribution is 5.42. The van der Waals surface area contributed by atoms with Gasteiger partial charge >= 0.3 is 0 Å². The monoisotopic (exact) mass is 177 g/mol. The van der Waals surface area contributed by atoms with E-state index in [0.29, 0.717) is 12.5 Å². The molecule has 1 aromatic rings. The molecule has 1 aliphatic rings. The van der Waals surface area contributed by atoms with E-state index >= 15 is 0 Å². The van der Waals surface area contributed by atoms with E-state index in [-0.39, 0.29) is 6.10 Å². The lowest BCUT2D eigenvalue weighted by Gasteiger charge is -2.11. The van der Waals surface area contributed by atoms with Crippen LogP contribution in [-0.4, -0.2) is 17.8 Å². The molecule has 0 spiro atoms. The molecule has 0 heterocycles. The van der Waals surface area contributed by atoms with E-state index in [1.807, 2.05) is 30.3 Å². The summed E-state index contributed by atoms with van der Waals surface area (Å²) >= 11 is 0. The van der Waals surface area contributed by atoms with Gasteiger partial charge in [-0.05, 0) is 30.9 Å². The number of nitrogens with one attached hydrogen (secondary N) is 1. The van der Waals surface area contributed by atoms with E-state index in [1.165, 1.54) is 12.8 Å². The molecule has 0 aliphatic heterocycles. The van der Waals surface area contributed by atoms with Crippen LogP contribution in [0.1, 0.15) is 12.8 Å². The van der Waals surface area contributed by atoms with E-state index in [0.717, 1.165) is 5.69 Å². The van der Waals surface area contributed by atoms with Gasteiger partial charge in [0, 0.05) is 12.2 Å². The van der Waals surface area contributed by atoms with Crippen LogP contribution in [0.3, 0.4) is 0 Å². The van der Waals surface area contributed by atoms with Gasteiger partial charge in [-0.25, -0.2) is 0 Å². The third-order valence-corrected chi connectivity index (χ3v) is 2.46. The van der Waals surface area contributed by atoms with Crippen LogP contribution < -0.4 is 5.32 Å². The zero-order valence-electron chi connectivity index (χ0n) is 7.61. The van der Waals surface area contributed by atoms with Gasteiger partial charge in [0.1, 0.15) is 0 Å². The van der Waals surface area contributed by atoms with Crippen LogP contribution in [-0.2, 0) is 0 Å². The number of benzene rings is 1. The van der Waals surface area contributed by atoms with Gasteiger partial charge < -0.3 is 10.4 Å². The Morgan fingerprint density at radius 1 is 1.31 bits per heavy atom. The number of para-hydroxylation sites is 1.